The number of nitrogens with zero attached hydrogens (tertiary/aromatic N) is 2. The third-order valence-corrected chi connectivity index (χ3v) is 2.94. The van der Waals surface area contributed by atoms with E-state index in [0.717, 1.165) is 11.1 Å². The van der Waals surface area contributed by atoms with Crippen molar-refractivity contribution < 1.29 is 4.79 Å². The molecular weight excluding hydrogens is 254 g/mol. The number of rotatable bonds is 4. The van der Waals surface area contributed by atoms with Crippen molar-refractivity contribution in [3.8, 4) is 0 Å². The molecule has 104 valence electrons. The summed E-state index contributed by atoms with van der Waals surface area (Å²) < 4.78 is 1.16. The lowest BCUT2D eigenvalue weighted by Gasteiger charge is -2.07. The lowest BCUT2D eigenvalue weighted by Crippen LogP contribution is -2.29. The Bertz CT molecular complexity index is 660. The number of aromatic nitrogens is 2. The number of amides is 1. The molecule has 0 saturated heterocycles. The van der Waals surface area contributed by atoms with Crippen LogP contribution in [0.15, 0.2) is 41.2 Å². The van der Waals surface area contributed by atoms with Crippen LogP contribution < -0.4 is 10.9 Å². The van der Waals surface area contributed by atoms with E-state index < -0.39 is 0 Å². The molecule has 0 unspecified atom stereocenters. The number of carbonyl (C=O) groups is 1. The highest BCUT2D eigenvalue weighted by Gasteiger charge is 2.06. The Morgan fingerprint density at radius 2 is 1.90 bits per heavy atom. The number of hydrogen-bond donors (Lipinski definition) is 1. The van der Waals surface area contributed by atoms with E-state index in [-0.39, 0.29) is 18.0 Å². The van der Waals surface area contributed by atoms with Crippen LogP contribution in [0.2, 0.25) is 0 Å². The fourth-order valence-corrected chi connectivity index (χ4v) is 1.82. The number of anilines is 1. The fraction of sp³-hybridized carbons (Fsp3) is 0.267. The van der Waals surface area contributed by atoms with Gasteiger partial charge in [-0.15, -0.1) is 0 Å². The number of nitrogens with one attached hydrogen (secondary N) is 1. The van der Waals surface area contributed by atoms with E-state index in [1.807, 2.05) is 24.3 Å². The maximum atomic E-state index is 11.9. The van der Waals surface area contributed by atoms with E-state index in [9.17, 15) is 9.59 Å². The van der Waals surface area contributed by atoms with E-state index in [2.05, 4.69) is 17.3 Å². The molecule has 1 amide bonds. The summed E-state index contributed by atoms with van der Waals surface area (Å²) in [6, 6.07) is 10.7. The molecule has 0 saturated carbocycles. The predicted octanol–water partition coefficient (Wildman–Crippen LogP) is 1.75. The van der Waals surface area contributed by atoms with Crippen LogP contribution in [0, 0.1) is 6.92 Å². The second-order valence-electron chi connectivity index (χ2n) is 4.57. The molecule has 0 aliphatic carbocycles. The third-order valence-electron chi connectivity index (χ3n) is 2.94. The number of hydrogen-bond acceptors (Lipinski definition) is 3. The second kappa shape index (κ2) is 6.14. The van der Waals surface area contributed by atoms with Gasteiger partial charge in [-0.2, -0.15) is 5.10 Å². The van der Waals surface area contributed by atoms with Crippen molar-refractivity contribution in [2.45, 2.75) is 26.8 Å². The topological polar surface area (TPSA) is 64.0 Å². The number of aryl methyl sites for hydroxylation is 2. The van der Waals surface area contributed by atoms with Gasteiger partial charge in [0.2, 0.25) is 5.91 Å². The summed E-state index contributed by atoms with van der Waals surface area (Å²) >= 11 is 0. The average Bonchev–Trinajstić information content (AvgIpc) is 2.43. The van der Waals surface area contributed by atoms with Crippen molar-refractivity contribution in [1.29, 1.82) is 0 Å². The summed E-state index contributed by atoms with van der Waals surface area (Å²) in [5.74, 6) is -0.269. The first-order chi connectivity index (χ1) is 9.58. The molecule has 5 heteroatoms. The van der Waals surface area contributed by atoms with Gasteiger partial charge in [-0.1, -0.05) is 19.1 Å². The summed E-state index contributed by atoms with van der Waals surface area (Å²) in [4.78, 5) is 23.5. The van der Waals surface area contributed by atoms with Gasteiger partial charge >= 0.3 is 0 Å². The van der Waals surface area contributed by atoms with Gasteiger partial charge in [0, 0.05) is 11.8 Å². The minimum Gasteiger partial charge on any atom is -0.324 e. The molecule has 1 N–H and O–H groups in total. The number of carbonyl (C=O) groups excluding carboxylic acids is 1. The van der Waals surface area contributed by atoms with Gasteiger partial charge in [-0.3, -0.25) is 9.59 Å². The first-order valence-corrected chi connectivity index (χ1v) is 6.52. The van der Waals surface area contributed by atoms with Crippen LogP contribution >= 0.6 is 0 Å². The molecule has 0 fully saturated rings. The maximum absolute atomic E-state index is 11.9. The molecule has 0 aliphatic heterocycles. The van der Waals surface area contributed by atoms with E-state index >= 15 is 0 Å². The molecule has 0 bridgehead atoms. The lowest BCUT2D eigenvalue weighted by atomic mass is 10.1. The van der Waals surface area contributed by atoms with Gasteiger partial charge in [-0.05, 0) is 37.1 Å². The monoisotopic (exact) mass is 271 g/mol. The molecule has 1 aromatic heterocycles. The number of benzene rings is 1. The van der Waals surface area contributed by atoms with Crippen molar-refractivity contribution in [2.75, 3.05) is 5.32 Å². The molecule has 1 heterocycles. The molecule has 0 atom stereocenters. The zero-order valence-corrected chi connectivity index (χ0v) is 11.6. The molecule has 2 aromatic rings. The van der Waals surface area contributed by atoms with E-state index in [4.69, 9.17) is 0 Å². The molecular formula is C15H17N3O2. The highest BCUT2D eigenvalue weighted by molar-refractivity contribution is 5.90. The standard InChI is InChI=1S/C15H17N3O2/c1-3-12-5-7-13(8-6-12)16-14(19)10-18-15(20)9-4-11(2)17-18/h4-9H,3,10H2,1-2H3,(H,16,19). The van der Waals surface area contributed by atoms with Crippen molar-refractivity contribution in [3.63, 3.8) is 0 Å². The molecule has 0 spiro atoms. The van der Waals surface area contributed by atoms with Crippen LogP contribution in [-0.4, -0.2) is 15.7 Å². The van der Waals surface area contributed by atoms with Crippen molar-refractivity contribution in [2.24, 2.45) is 0 Å². The Labute approximate surface area is 117 Å². The normalized spacial score (nSPS) is 10.3. The molecule has 0 aliphatic rings. The highest BCUT2D eigenvalue weighted by atomic mass is 16.2. The van der Waals surface area contributed by atoms with Crippen LogP contribution in [-0.2, 0) is 17.8 Å². The van der Waals surface area contributed by atoms with Crippen LogP contribution in [0.4, 0.5) is 5.69 Å². The average molecular weight is 271 g/mol. The Morgan fingerprint density at radius 1 is 1.20 bits per heavy atom. The Hall–Kier alpha value is -2.43. The Morgan fingerprint density at radius 3 is 2.55 bits per heavy atom. The highest BCUT2D eigenvalue weighted by Crippen LogP contribution is 2.09. The Balaban J connectivity index is 2.04. The third kappa shape index (κ3) is 3.54. The summed E-state index contributed by atoms with van der Waals surface area (Å²) in [7, 11) is 0. The van der Waals surface area contributed by atoms with Gasteiger partial charge in [0.1, 0.15) is 6.54 Å². The molecule has 0 radical (unpaired) electrons. The second-order valence-corrected chi connectivity index (χ2v) is 4.57. The quantitative estimate of drug-likeness (QED) is 0.921. The van der Waals surface area contributed by atoms with Crippen molar-refractivity contribution in [3.05, 3.63) is 58.0 Å². The largest absolute Gasteiger partial charge is 0.324 e. The molecule has 5 nitrogen and oxygen atoms in total. The zero-order valence-electron chi connectivity index (χ0n) is 11.6. The predicted molar refractivity (Wildman–Crippen MR) is 77.7 cm³/mol. The zero-order chi connectivity index (χ0) is 14.5. The summed E-state index contributed by atoms with van der Waals surface area (Å²) in [5, 5.41) is 6.77. The van der Waals surface area contributed by atoms with Crippen molar-refractivity contribution in [1.82, 2.24) is 9.78 Å². The molecule has 2 rings (SSSR count). The van der Waals surface area contributed by atoms with Gasteiger partial charge in [-0.25, -0.2) is 4.68 Å². The summed E-state index contributed by atoms with van der Waals surface area (Å²) in [6.07, 6.45) is 0.955. The first-order valence-electron chi connectivity index (χ1n) is 6.52. The Kier molecular flexibility index (Phi) is 4.30. The fourth-order valence-electron chi connectivity index (χ4n) is 1.82. The first kappa shape index (κ1) is 14.0. The van der Waals surface area contributed by atoms with Gasteiger partial charge < -0.3 is 5.32 Å². The smallest absolute Gasteiger partial charge is 0.267 e. The van der Waals surface area contributed by atoms with Gasteiger partial charge in [0.05, 0.1) is 5.69 Å². The van der Waals surface area contributed by atoms with E-state index in [0.29, 0.717) is 11.4 Å². The van der Waals surface area contributed by atoms with Gasteiger partial charge in [0.15, 0.2) is 0 Å². The minimum atomic E-state index is -0.285. The van der Waals surface area contributed by atoms with Crippen LogP contribution in [0.5, 0.6) is 0 Å². The minimum absolute atomic E-state index is 0.0873. The lowest BCUT2D eigenvalue weighted by molar-refractivity contribution is -0.117. The SMILES string of the molecule is CCc1ccc(NC(=O)Cn2nc(C)ccc2=O)cc1. The van der Waals surface area contributed by atoms with E-state index in [1.165, 1.54) is 11.6 Å². The van der Waals surface area contributed by atoms with E-state index in [1.54, 1.807) is 13.0 Å². The molecule has 20 heavy (non-hydrogen) atoms. The molecule has 1 aromatic carbocycles. The van der Waals surface area contributed by atoms with Crippen LogP contribution in [0.3, 0.4) is 0 Å². The van der Waals surface area contributed by atoms with Gasteiger partial charge in [0.25, 0.3) is 5.56 Å². The van der Waals surface area contributed by atoms with Crippen LogP contribution in [0.25, 0.3) is 0 Å². The maximum Gasteiger partial charge on any atom is 0.267 e. The van der Waals surface area contributed by atoms with Crippen molar-refractivity contribution >= 4 is 11.6 Å². The van der Waals surface area contributed by atoms with Crippen LogP contribution in [0.1, 0.15) is 18.2 Å². The summed E-state index contributed by atoms with van der Waals surface area (Å²) in [6.45, 7) is 3.76. The summed E-state index contributed by atoms with van der Waals surface area (Å²) in [5.41, 5.74) is 2.34.